The third-order valence-electron chi connectivity index (χ3n) is 2.42. The Morgan fingerprint density at radius 3 is 3.06 bits per heavy atom. The van der Waals surface area contributed by atoms with Crippen molar-refractivity contribution in [2.75, 3.05) is 20.3 Å². The lowest BCUT2D eigenvalue weighted by Gasteiger charge is -2.13. The lowest BCUT2D eigenvalue weighted by Crippen LogP contribution is -2.29. The molecular weight excluding hydrogens is 286 g/mol. The van der Waals surface area contributed by atoms with Gasteiger partial charge in [0.05, 0.1) is 4.91 Å². The van der Waals surface area contributed by atoms with E-state index in [9.17, 15) is 4.79 Å². The van der Waals surface area contributed by atoms with Crippen molar-refractivity contribution in [3.05, 3.63) is 27.3 Å². The quantitative estimate of drug-likeness (QED) is 0.475. The van der Waals surface area contributed by atoms with Gasteiger partial charge in [-0.05, 0) is 23.9 Å². The SMILES string of the molecule is COCCCN1C(=O)C(=Cc2cccs2)SC1=S. The molecule has 0 spiro atoms. The van der Waals surface area contributed by atoms with E-state index in [-0.39, 0.29) is 5.91 Å². The Kier molecular flexibility index (Phi) is 4.94. The molecule has 96 valence electrons. The predicted molar refractivity (Wildman–Crippen MR) is 80.7 cm³/mol. The molecule has 1 aliphatic heterocycles. The molecule has 0 radical (unpaired) electrons. The fourth-order valence-electron chi connectivity index (χ4n) is 1.56. The molecular formula is C12H13NO2S3. The number of ether oxygens (including phenoxy) is 1. The number of carbonyl (C=O) groups is 1. The van der Waals surface area contributed by atoms with Crippen molar-refractivity contribution in [3.8, 4) is 0 Å². The minimum absolute atomic E-state index is 0.00880. The number of thiocarbonyl (C=S) groups is 1. The van der Waals surface area contributed by atoms with Crippen LogP contribution in [-0.2, 0) is 9.53 Å². The van der Waals surface area contributed by atoms with Crippen molar-refractivity contribution in [1.82, 2.24) is 4.90 Å². The maximum absolute atomic E-state index is 12.1. The number of amides is 1. The predicted octanol–water partition coefficient (Wildman–Crippen LogP) is 2.99. The Morgan fingerprint density at radius 1 is 1.56 bits per heavy atom. The van der Waals surface area contributed by atoms with E-state index in [1.165, 1.54) is 11.8 Å². The number of hydrogen-bond donors (Lipinski definition) is 0. The third-order valence-corrected chi connectivity index (χ3v) is 4.62. The van der Waals surface area contributed by atoms with Crippen LogP contribution in [0.2, 0.25) is 0 Å². The average molecular weight is 299 g/mol. The van der Waals surface area contributed by atoms with Gasteiger partial charge in [-0.1, -0.05) is 30.0 Å². The summed E-state index contributed by atoms with van der Waals surface area (Å²) >= 11 is 8.21. The molecule has 0 bridgehead atoms. The molecule has 1 amide bonds. The Labute approximate surface area is 120 Å². The fraction of sp³-hybridized carbons (Fsp3) is 0.333. The summed E-state index contributed by atoms with van der Waals surface area (Å²) in [7, 11) is 1.65. The third kappa shape index (κ3) is 3.20. The van der Waals surface area contributed by atoms with E-state index in [4.69, 9.17) is 17.0 Å². The van der Waals surface area contributed by atoms with Crippen molar-refractivity contribution in [2.24, 2.45) is 0 Å². The normalized spacial score (nSPS) is 18.1. The van der Waals surface area contributed by atoms with Crippen LogP contribution in [0.15, 0.2) is 22.4 Å². The summed E-state index contributed by atoms with van der Waals surface area (Å²) in [5, 5.41) is 1.99. The molecule has 2 heterocycles. The minimum atomic E-state index is 0.00880. The van der Waals surface area contributed by atoms with Crippen LogP contribution in [0.5, 0.6) is 0 Å². The zero-order chi connectivity index (χ0) is 13.0. The van der Waals surface area contributed by atoms with Gasteiger partial charge in [0.25, 0.3) is 5.91 Å². The van der Waals surface area contributed by atoms with Crippen LogP contribution in [0.4, 0.5) is 0 Å². The maximum atomic E-state index is 12.1. The second-order valence-electron chi connectivity index (χ2n) is 3.70. The van der Waals surface area contributed by atoms with Gasteiger partial charge in [-0.15, -0.1) is 11.3 Å². The van der Waals surface area contributed by atoms with Crippen molar-refractivity contribution in [3.63, 3.8) is 0 Å². The van der Waals surface area contributed by atoms with Crippen molar-refractivity contribution < 1.29 is 9.53 Å². The van der Waals surface area contributed by atoms with Crippen LogP contribution in [0, 0.1) is 0 Å². The molecule has 2 rings (SSSR count). The first-order chi connectivity index (χ1) is 8.72. The summed E-state index contributed by atoms with van der Waals surface area (Å²) < 4.78 is 5.62. The van der Waals surface area contributed by atoms with Crippen molar-refractivity contribution >= 4 is 51.6 Å². The van der Waals surface area contributed by atoms with E-state index in [0.717, 1.165) is 11.3 Å². The van der Waals surface area contributed by atoms with E-state index in [1.54, 1.807) is 23.3 Å². The van der Waals surface area contributed by atoms with E-state index >= 15 is 0 Å². The van der Waals surface area contributed by atoms with Gasteiger partial charge in [-0.25, -0.2) is 0 Å². The maximum Gasteiger partial charge on any atom is 0.266 e. The van der Waals surface area contributed by atoms with Crippen LogP contribution in [-0.4, -0.2) is 35.4 Å². The zero-order valence-electron chi connectivity index (χ0n) is 9.92. The molecule has 0 saturated carbocycles. The van der Waals surface area contributed by atoms with Gasteiger partial charge >= 0.3 is 0 Å². The second-order valence-corrected chi connectivity index (χ2v) is 6.35. The van der Waals surface area contributed by atoms with Crippen LogP contribution in [0.25, 0.3) is 6.08 Å². The molecule has 0 N–H and O–H groups in total. The van der Waals surface area contributed by atoms with E-state index < -0.39 is 0 Å². The van der Waals surface area contributed by atoms with Crippen LogP contribution < -0.4 is 0 Å². The first-order valence-electron chi connectivity index (χ1n) is 5.50. The molecule has 1 aromatic rings. The first kappa shape index (κ1) is 13.7. The Balaban J connectivity index is 2.04. The summed E-state index contributed by atoms with van der Waals surface area (Å²) in [5.74, 6) is 0.00880. The van der Waals surface area contributed by atoms with Gasteiger partial charge in [-0.3, -0.25) is 9.69 Å². The minimum Gasteiger partial charge on any atom is -0.385 e. The second kappa shape index (κ2) is 6.47. The smallest absolute Gasteiger partial charge is 0.266 e. The number of thiophene rings is 1. The highest BCUT2D eigenvalue weighted by molar-refractivity contribution is 8.26. The molecule has 6 heteroatoms. The summed E-state index contributed by atoms with van der Waals surface area (Å²) in [6.45, 7) is 1.27. The molecule has 18 heavy (non-hydrogen) atoms. The first-order valence-corrected chi connectivity index (χ1v) is 7.60. The number of methoxy groups -OCH3 is 1. The summed E-state index contributed by atoms with van der Waals surface area (Å²) in [4.78, 5) is 15.6. The van der Waals surface area contributed by atoms with Crippen LogP contribution >= 0.6 is 35.3 Å². The van der Waals surface area contributed by atoms with Crippen LogP contribution in [0.1, 0.15) is 11.3 Å². The molecule has 0 aliphatic carbocycles. The fourth-order valence-corrected chi connectivity index (χ4v) is 3.59. The molecule has 1 aliphatic rings. The lowest BCUT2D eigenvalue weighted by molar-refractivity contribution is -0.122. The van der Waals surface area contributed by atoms with Gasteiger partial charge < -0.3 is 4.74 Å². The molecule has 0 atom stereocenters. The van der Waals surface area contributed by atoms with Gasteiger partial charge in [0.15, 0.2) is 0 Å². The van der Waals surface area contributed by atoms with E-state index in [0.29, 0.717) is 22.4 Å². The number of carbonyl (C=O) groups excluding carboxylic acids is 1. The highest BCUT2D eigenvalue weighted by Gasteiger charge is 2.31. The molecule has 1 fully saturated rings. The highest BCUT2D eigenvalue weighted by Crippen LogP contribution is 2.33. The molecule has 1 saturated heterocycles. The van der Waals surface area contributed by atoms with Gasteiger partial charge in [-0.2, -0.15) is 0 Å². The van der Waals surface area contributed by atoms with E-state index in [1.807, 2.05) is 23.6 Å². The lowest BCUT2D eigenvalue weighted by atomic mass is 10.3. The Morgan fingerprint density at radius 2 is 2.39 bits per heavy atom. The van der Waals surface area contributed by atoms with Gasteiger partial charge in [0, 0.05) is 25.1 Å². The Bertz CT molecular complexity index is 468. The van der Waals surface area contributed by atoms with Crippen LogP contribution in [0.3, 0.4) is 0 Å². The van der Waals surface area contributed by atoms with Crippen molar-refractivity contribution in [2.45, 2.75) is 6.42 Å². The average Bonchev–Trinajstić information content (AvgIpc) is 2.93. The standard InChI is InChI=1S/C12H13NO2S3/c1-15-6-3-5-13-11(14)10(18-12(13)16)8-9-4-2-7-17-9/h2,4,7-8H,3,5-6H2,1H3. The van der Waals surface area contributed by atoms with E-state index in [2.05, 4.69) is 0 Å². The topological polar surface area (TPSA) is 29.5 Å². The summed E-state index contributed by atoms with van der Waals surface area (Å²) in [6, 6.07) is 3.96. The summed E-state index contributed by atoms with van der Waals surface area (Å²) in [6.07, 6.45) is 2.70. The molecule has 0 aromatic carbocycles. The Hall–Kier alpha value is -0.690. The summed E-state index contributed by atoms with van der Waals surface area (Å²) in [5.41, 5.74) is 0. The van der Waals surface area contributed by atoms with Gasteiger partial charge in [0.1, 0.15) is 4.32 Å². The molecule has 1 aromatic heterocycles. The monoisotopic (exact) mass is 299 g/mol. The number of nitrogens with zero attached hydrogens (tertiary/aromatic N) is 1. The number of hydrogen-bond acceptors (Lipinski definition) is 5. The number of rotatable bonds is 5. The molecule has 3 nitrogen and oxygen atoms in total. The molecule has 0 unspecified atom stereocenters. The largest absolute Gasteiger partial charge is 0.385 e. The number of thioether (sulfide) groups is 1. The van der Waals surface area contributed by atoms with Crippen molar-refractivity contribution in [1.29, 1.82) is 0 Å². The zero-order valence-corrected chi connectivity index (χ0v) is 12.4. The van der Waals surface area contributed by atoms with Gasteiger partial charge in [0.2, 0.25) is 0 Å². The highest BCUT2D eigenvalue weighted by atomic mass is 32.2.